The van der Waals surface area contributed by atoms with Crippen LogP contribution in [0.2, 0.25) is 0 Å². The number of hydrogen-bond acceptors (Lipinski definition) is 7. The van der Waals surface area contributed by atoms with Crippen LogP contribution in [0, 0.1) is 5.82 Å². The number of urea groups is 1. The minimum atomic E-state index is -0.641. The second-order valence-electron chi connectivity index (χ2n) is 7.15. The van der Waals surface area contributed by atoms with Gasteiger partial charge in [-0.3, -0.25) is 4.79 Å². The Balaban J connectivity index is 1.44. The Bertz CT molecular complexity index is 1210. The van der Waals surface area contributed by atoms with E-state index in [1.165, 1.54) is 34.9 Å². The van der Waals surface area contributed by atoms with Gasteiger partial charge in [-0.1, -0.05) is 23.4 Å². The van der Waals surface area contributed by atoms with Crippen LogP contribution in [0.1, 0.15) is 5.89 Å². The Hall–Kier alpha value is -3.11. The summed E-state index contributed by atoms with van der Waals surface area (Å²) < 4.78 is 19.8. The number of halogens is 1. The zero-order valence-corrected chi connectivity index (χ0v) is 18.5. The van der Waals surface area contributed by atoms with Crippen LogP contribution >= 0.6 is 23.5 Å². The molecule has 1 saturated heterocycles. The van der Waals surface area contributed by atoms with Gasteiger partial charge in [-0.05, 0) is 48.1 Å². The van der Waals surface area contributed by atoms with Crippen molar-refractivity contribution in [2.75, 3.05) is 11.2 Å². The molecule has 3 heterocycles. The highest BCUT2D eigenvalue weighted by Crippen LogP contribution is 2.37. The van der Waals surface area contributed by atoms with Gasteiger partial charge in [0.05, 0.1) is 11.7 Å². The van der Waals surface area contributed by atoms with Crippen molar-refractivity contribution in [3.05, 3.63) is 71.7 Å². The average molecular weight is 469 g/mol. The lowest BCUT2D eigenvalue weighted by molar-refractivity contribution is -0.119. The van der Waals surface area contributed by atoms with Crippen molar-refractivity contribution in [2.45, 2.75) is 22.7 Å². The number of imide groups is 1. The molecule has 3 aromatic rings. The van der Waals surface area contributed by atoms with Crippen LogP contribution in [0.5, 0.6) is 0 Å². The summed E-state index contributed by atoms with van der Waals surface area (Å²) in [7, 11) is 0. The van der Waals surface area contributed by atoms with Gasteiger partial charge < -0.3 is 9.42 Å². The molecular weight excluding hydrogens is 451 g/mol. The highest BCUT2D eigenvalue weighted by molar-refractivity contribution is 8.03. The summed E-state index contributed by atoms with van der Waals surface area (Å²) in [5.74, 6) is -0.449. The maximum Gasteiger partial charge on any atom is 0.332 e. The van der Waals surface area contributed by atoms with E-state index >= 15 is 0 Å². The first kappa shape index (κ1) is 20.8. The summed E-state index contributed by atoms with van der Waals surface area (Å²) >= 11 is 2.94. The molecule has 32 heavy (non-hydrogen) atoms. The minimum absolute atomic E-state index is 0.000964. The molecule has 2 aliphatic rings. The van der Waals surface area contributed by atoms with E-state index in [1.54, 1.807) is 29.3 Å². The zero-order chi connectivity index (χ0) is 22.2. The summed E-state index contributed by atoms with van der Waals surface area (Å²) in [6.45, 7) is -0.000964. The molecule has 1 aromatic heterocycles. The second kappa shape index (κ2) is 8.44. The molecule has 10 heteroatoms. The number of benzene rings is 2. The Kier molecular flexibility index (Phi) is 5.48. The zero-order valence-electron chi connectivity index (χ0n) is 16.8. The molecule has 3 amide bonds. The summed E-state index contributed by atoms with van der Waals surface area (Å²) in [5, 5.41) is 5.25. The first-order valence-corrected chi connectivity index (χ1v) is 11.9. The van der Waals surface area contributed by atoms with E-state index in [0.29, 0.717) is 5.82 Å². The van der Waals surface area contributed by atoms with Gasteiger partial charge >= 0.3 is 6.03 Å². The Morgan fingerprint density at radius 1 is 1.16 bits per heavy atom. The van der Waals surface area contributed by atoms with Crippen molar-refractivity contribution in [1.82, 2.24) is 15.0 Å². The third-order valence-electron chi connectivity index (χ3n) is 5.29. The van der Waals surface area contributed by atoms with E-state index in [0.717, 1.165) is 15.4 Å². The first-order valence-electron chi connectivity index (χ1n) is 9.75. The van der Waals surface area contributed by atoms with Crippen LogP contribution in [-0.4, -0.2) is 44.5 Å². The van der Waals surface area contributed by atoms with Crippen molar-refractivity contribution in [2.24, 2.45) is 0 Å². The molecule has 2 atom stereocenters. The molecule has 0 bridgehead atoms. The smallest absolute Gasteiger partial charge is 0.332 e. The lowest BCUT2D eigenvalue weighted by Crippen LogP contribution is -2.62. The third-order valence-corrected chi connectivity index (χ3v) is 7.12. The number of thioether (sulfide) groups is 2. The van der Waals surface area contributed by atoms with Crippen LogP contribution in [0.4, 0.5) is 14.9 Å². The Morgan fingerprint density at radius 3 is 2.69 bits per heavy atom. The van der Waals surface area contributed by atoms with Crippen molar-refractivity contribution >= 4 is 41.1 Å². The highest BCUT2D eigenvalue weighted by atomic mass is 32.2. The second-order valence-corrected chi connectivity index (χ2v) is 9.08. The number of hydrogen-bond donors (Lipinski definition) is 0. The Labute approximate surface area is 191 Å². The van der Waals surface area contributed by atoms with Gasteiger partial charge in [0.1, 0.15) is 17.6 Å². The van der Waals surface area contributed by atoms with Crippen LogP contribution < -0.4 is 4.90 Å². The fourth-order valence-corrected chi connectivity index (χ4v) is 5.14. The van der Waals surface area contributed by atoms with E-state index in [2.05, 4.69) is 10.1 Å². The van der Waals surface area contributed by atoms with E-state index in [-0.39, 0.29) is 18.1 Å². The average Bonchev–Trinajstić information content (AvgIpc) is 3.48. The molecule has 5 rings (SSSR count). The number of para-hydroxylation sites is 1. The summed E-state index contributed by atoms with van der Waals surface area (Å²) in [6.07, 6.45) is 3.79. The van der Waals surface area contributed by atoms with Gasteiger partial charge in [0.15, 0.2) is 0 Å². The van der Waals surface area contributed by atoms with Crippen LogP contribution in [0.3, 0.4) is 0 Å². The number of carbonyl (C=O) groups excluding carboxylic acids is 2. The maximum atomic E-state index is 14.4. The standard InChI is InChI=1S/C22H17FN4O3S2/c1-31-14-8-6-13(7-9-14)20-24-18(30-25-20)12-26-17-10-11-32-19(17)21(28)27(22(26)29)16-5-3-2-4-15(16)23/h2-11,17,19H,12H2,1H3. The van der Waals surface area contributed by atoms with Gasteiger partial charge in [-0.15, -0.1) is 23.5 Å². The van der Waals surface area contributed by atoms with Crippen molar-refractivity contribution in [3.63, 3.8) is 0 Å². The molecule has 1 fully saturated rings. The monoisotopic (exact) mass is 468 g/mol. The van der Waals surface area contributed by atoms with Crippen LogP contribution in [-0.2, 0) is 11.3 Å². The van der Waals surface area contributed by atoms with Crippen LogP contribution in [0.25, 0.3) is 11.4 Å². The van der Waals surface area contributed by atoms with Gasteiger partial charge in [0, 0.05) is 10.5 Å². The molecule has 162 valence electrons. The van der Waals surface area contributed by atoms with E-state index < -0.39 is 29.0 Å². The number of aromatic nitrogens is 2. The van der Waals surface area contributed by atoms with E-state index in [4.69, 9.17) is 4.52 Å². The number of fused-ring (bicyclic) bond motifs is 1. The molecule has 0 spiro atoms. The van der Waals surface area contributed by atoms with Gasteiger partial charge in [-0.2, -0.15) is 4.98 Å². The van der Waals surface area contributed by atoms with E-state index in [1.807, 2.05) is 30.5 Å². The highest BCUT2D eigenvalue weighted by Gasteiger charge is 2.48. The number of rotatable bonds is 5. The summed E-state index contributed by atoms with van der Waals surface area (Å²) in [5.41, 5.74) is 0.721. The quantitative estimate of drug-likeness (QED) is 0.508. The molecule has 2 unspecified atom stereocenters. The van der Waals surface area contributed by atoms with Crippen molar-refractivity contribution in [1.29, 1.82) is 0 Å². The van der Waals surface area contributed by atoms with Gasteiger partial charge in [0.25, 0.3) is 5.91 Å². The van der Waals surface area contributed by atoms with E-state index in [9.17, 15) is 14.0 Å². The molecular formula is C22H17FN4O3S2. The Morgan fingerprint density at radius 2 is 1.94 bits per heavy atom. The molecule has 0 N–H and O–H groups in total. The molecule has 2 aliphatic heterocycles. The molecule has 2 aromatic carbocycles. The number of amides is 3. The maximum absolute atomic E-state index is 14.4. The number of nitrogens with zero attached hydrogens (tertiary/aromatic N) is 4. The summed E-state index contributed by atoms with van der Waals surface area (Å²) in [4.78, 5) is 34.2. The topological polar surface area (TPSA) is 79.5 Å². The molecule has 7 nitrogen and oxygen atoms in total. The van der Waals surface area contributed by atoms with Crippen molar-refractivity contribution in [3.8, 4) is 11.4 Å². The molecule has 0 aliphatic carbocycles. The molecule has 0 radical (unpaired) electrons. The SMILES string of the molecule is CSc1ccc(-c2noc(CN3C(=O)N(c4ccccc4F)C(=O)C4SC=CC43)n2)cc1. The lowest BCUT2D eigenvalue weighted by Gasteiger charge is -2.40. The van der Waals surface area contributed by atoms with Crippen molar-refractivity contribution < 1.29 is 18.5 Å². The predicted molar refractivity (Wildman–Crippen MR) is 121 cm³/mol. The normalized spacial score (nSPS) is 20.2. The largest absolute Gasteiger partial charge is 0.337 e. The van der Waals surface area contributed by atoms with Gasteiger partial charge in [0.2, 0.25) is 11.7 Å². The summed E-state index contributed by atoms with van der Waals surface area (Å²) in [6, 6.07) is 12.4. The molecule has 0 saturated carbocycles. The first-order chi connectivity index (χ1) is 15.6. The fourth-order valence-electron chi connectivity index (χ4n) is 3.69. The number of carbonyl (C=O) groups is 2. The third kappa shape index (κ3) is 3.59. The minimum Gasteiger partial charge on any atom is -0.337 e. The van der Waals surface area contributed by atoms with Crippen LogP contribution in [0.15, 0.2) is 69.4 Å². The fraction of sp³-hybridized carbons (Fsp3) is 0.182. The predicted octanol–water partition coefficient (Wildman–Crippen LogP) is 4.56. The lowest BCUT2D eigenvalue weighted by atomic mass is 10.1. The van der Waals surface area contributed by atoms with Gasteiger partial charge in [-0.25, -0.2) is 14.1 Å². The number of anilines is 1.